The van der Waals surface area contributed by atoms with Crippen molar-refractivity contribution in [3.05, 3.63) is 17.5 Å². The summed E-state index contributed by atoms with van der Waals surface area (Å²) in [7, 11) is 0. The highest BCUT2D eigenvalue weighted by molar-refractivity contribution is 5.92. The van der Waals surface area contributed by atoms with Gasteiger partial charge in [0.2, 0.25) is 5.91 Å². The Hall–Kier alpha value is -1.89. The molecule has 2 aliphatic heterocycles. The highest BCUT2D eigenvalue weighted by Gasteiger charge is 2.42. The topological polar surface area (TPSA) is 87.5 Å². The average molecular weight is 403 g/mol. The first-order chi connectivity index (χ1) is 13.9. The molecular weight excluding hydrogens is 368 g/mol. The van der Waals surface area contributed by atoms with Crippen LogP contribution < -0.4 is 10.6 Å². The number of likely N-dealkylation sites (tertiary alicyclic amines) is 1. The summed E-state index contributed by atoms with van der Waals surface area (Å²) in [5.41, 5.74) is 0.0249. The smallest absolute Gasteiger partial charge is 0.273 e. The summed E-state index contributed by atoms with van der Waals surface area (Å²) < 4.78 is 5.30. The van der Waals surface area contributed by atoms with Crippen LogP contribution in [0.1, 0.15) is 81.5 Å². The monoisotopic (exact) mass is 402 g/mol. The quantitative estimate of drug-likeness (QED) is 0.791. The second-order valence-electron chi connectivity index (χ2n) is 9.68. The third-order valence-electron chi connectivity index (χ3n) is 7.12. The molecule has 7 heteroatoms. The molecule has 3 aliphatic rings. The van der Waals surface area contributed by atoms with Crippen molar-refractivity contribution in [2.75, 3.05) is 19.6 Å². The van der Waals surface area contributed by atoms with Gasteiger partial charge in [-0.05, 0) is 64.5 Å². The summed E-state index contributed by atoms with van der Waals surface area (Å²) >= 11 is 0. The molecule has 160 valence electrons. The molecule has 7 nitrogen and oxygen atoms in total. The van der Waals surface area contributed by atoms with Crippen LogP contribution in [-0.2, 0) is 4.79 Å². The van der Waals surface area contributed by atoms with E-state index in [1.54, 1.807) is 6.07 Å². The molecule has 1 saturated carbocycles. The van der Waals surface area contributed by atoms with Gasteiger partial charge in [-0.3, -0.25) is 9.59 Å². The zero-order valence-electron chi connectivity index (χ0n) is 17.9. The van der Waals surface area contributed by atoms with Crippen LogP contribution in [0.25, 0.3) is 0 Å². The number of hydrogen-bond donors (Lipinski definition) is 2. The summed E-state index contributed by atoms with van der Waals surface area (Å²) in [6.07, 6.45) is 5.90. The molecule has 1 aromatic rings. The van der Waals surface area contributed by atoms with Crippen molar-refractivity contribution in [3.63, 3.8) is 0 Å². The highest BCUT2D eigenvalue weighted by atomic mass is 16.5. The second kappa shape index (κ2) is 8.09. The summed E-state index contributed by atoms with van der Waals surface area (Å²) in [5.74, 6) is 1.78. The van der Waals surface area contributed by atoms with Crippen molar-refractivity contribution in [1.82, 2.24) is 20.7 Å². The number of nitrogens with one attached hydrogen (secondary N) is 2. The van der Waals surface area contributed by atoms with Gasteiger partial charge in [0, 0.05) is 36.0 Å². The maximum atomic E-state index is 13.3. The standard InChI is InChI=1S/C22H34N4O3/c1-14-12-17(24-20(27)18-13-19(29-25-18)15-4-5-15)8-11-26(14)21(28)22(2,3)16-6-9-23-10-7-16/h13-17,23H,4-12H2,1-3H3,(H,24,27)/t14-,17?/m0/s1. The van der Waals surface area contributed by atoms with Gasteiger partial charge < -0.3 is 20.1 Å². The Morgan fingerprint density at radius 2 is 1.93 bits per heavy atom. The molecule has 2 atom stereocenters. The van der Waals surface area contributed by atoms with Crippen LogP contribution in [0, 0.1) is 11.3 Å². The average Bonchev–Trinajstić information content (AvgIpc) is 3.44. The van der Waals surface area contributed by atoms with E-state index in [-0.39, 0.29) is 29.3 Å². The van der Waals surface area contributed by atoms with Gasteiger partial charge in [0.25, 0.3) is 5.91 Å². The van der Waals surface area contributed by atoms with Crippen LogP contribution in [-0.4, -0.2) is 53.6 Å². The van der Waals surface area contributed by atoms with Crippen LogP contribution >= 0.6 is 0 Å². The van der Waals surface area contributed by atoms with Crippen molar-refractivity contribution in [3.8, 4) is 0 Å². The van der Waals surface area contributed by atoms with Crippen LogP contribution in [0.5, 0.6) is 0 Å². The number of aromatic nitrogens is 1. The lowest BCUT2D eigenvalue weighted by Gasteiger charge is -2.44. The van der Waals surface area contributed by atoms with E-state index in [9.17, 15) is 9.59 Å². The minimum atomic E-state index is -0.341. The molecule has 2 amide bonds. The lowest BCUT2D eigenvalue weighted by molar-refractivity contribution is -0.147. The number of carbonyl (C=O) groups excluding carboxylic acids is 2. The molecule has 2 saturated heterocycles. The normalized spacial score (nSPS) is 26.4. The molecule has 3 fully saturated rings. The minimum absolute atomic E-state index is 0.0598. The maximum Gasteiger partial charge on any atom is 0.273 e. The zero-order valence-corrected chi connectivity index (χ0v) is 17.9. The van der Waals surface area contributed by atoms with E-state index in [0.29, 0.717) is 24.1 Å². The summed E-state index contributed by atoms with van der Waals surface area (Å²) in [4.78, 5) is 27.9. The Labute approximate surface area is 172 Å². The maximum absolute atomic E-state index is 13.3. The molecule has 4 rings (SSSR count). The lowest BCUT2D eigenvalue weighted by atomic mass is 9.72. The van der Waals surface area contributed by atoms with E-state index >= 15 is 0 Å². The summed E-state index contributed by atoms with van der Waals surface area (Å²) in [6, 6.07) is 1.95. The minimum Gasteiger partial charge on any atom is -0.360 e. The summed E-state index contributed by atoms with van der Waals surface area (Å²) in [5, 5.41) is 10.4. The van der Waals surface area contributed by atoms with Crippen LogP contribution in [0.4, 0.5) is 0 Å². The first-order valence-electron chi connectivity index (χ1n) is 11.2. The number of amides is 2. The van der Waals surface area contributed by atoms with Gasteiger partial charge >= 0.3 is 0 Å². The van der Waals surface area contributed by atoms with E-state index < -0.39 is 0 Å². The van der Waals surface area contributed by atoms with Gasteiger partial charge in [-0.2, -0.15) is 0 Å². The fourth-order valence-electron chi connectivity index (χ4n) is 4.91. The fourth-order valence-corrected chi connectivity index (χ4v) is 4.91. The molecule has 1 unspecified atom stereocenters. The van der Waals surface area contributed by atoms with Gasteiger partial charge in [0.1, 0.15) is 5.76 Å². The lowest BCUT2D eigenvalue weighted by Crippen LogP contribution is -2.55. The molecular formula is C22H34N4O3. The largest absolute Gasteiger partial charge is 0.360 e. The Kier molecular flexibility index (Phi) is 5.69. The fraction of sp³-hybridized carbons (Fsp3) is 0.773. The third-order valence-corrected chi connectivity index (χ3v) is 7.12. The number of hydrogen-bond acceptors (Lipinski definition) is 5. The van der Waals surface area contributed by atoms with E-state index in [0.717, 1.165) is 57.4 Å². The number of piperidine rings is 2. The molecule has 3 heterocycles. The van der Waals surface area contributed by atoms with E-state index in [4.69, 9.17) is 4.52 Å². The molecule has 0 bridgehead atoms. The molecule has 2 N–H and O–H groups in total. The Morgan fingerprint density at radius 3 is 2.59 bits per heavy atom. The molecule has 0 aromatic carbocycles. The number of rotatable bonds is 5. The van der Waals surface area contributed by atoms with Crippen molar-refractivity contribution in [2.24, 2.45) is 11.3 Å². The van der Waals surface area contributed by atoms with Gasteiger partial charge in [-0.15, -0.1) is 0 Å². The van der Waals surface area contributed by atoms with Crippen molar-refractivity contribution in [2.45, 2.75) is 77.3 Å². The summed E-state index contributed by atoms with van der Waals surface area (Å²) in [6.45, 7) is 8.98. The molecule has 1 aromatic heterocycles. The first kappa shape index (κ1) is 20.4. The van der Waals surface area contributed by atoms with Crippen LogP contribution in [0.3, 0.4) is 0 Å². The predicted molar refractivity (Wildman–Crippen MR) is 110 cm³/mol. The van der Waals surface area contributed by atoms with Gasteiger partial charge in [-0.1, -0.05) is 19.0 Å². The Bertz CT molecular complexity index is 749. The Balaban J connectivity index is 1.32. The van der Waals surface area contributed by atoms with Crippen molar-refractivity contribution < 1.29 is 14.1 Å². The molecule has 1 aliphatic carbocycles. The van der Waals surface area contributed by atoms with Crippen molar-refractivity contribution in [1.29, 1.82) is 0 Å². The number of carbonyl (C=O) groups is 2. The zero-order chi connectivity index (χ0) is 20.6. The van der Waals surface area contributed by atoms with Crippen LogP contribution in [0.2, 0.25) is 0 Å². The highest BCUT2D eigenvalue weighted by Crippen LogP contribution is 2.40. The van der Waals surface area contributed by atoms with Gasteiger partial charge in [-0.25, -0.2) is 0 Å². The van der Waals surface area contributed by atoms with Crippen molar-refractivity contribution >= 4 is 11.8 Å². The molecule has 29 heavy (non-hydrogen) atoms. The van der Waals surface area contributed by atoms with Gasteiger partial charge in [0.15, 0.2) is 5.69 Å². The van der Waals surface area contributed by atoms with E-state index in [1.807, 2.05) is 4.90 Å². The Morgan fingerprint density at radius 1 is 1.21 bits per heavy atom. The predicted octanol–water partition coefficient (Wildman–Crippen LogP) is 2.69. The SMILES string of the molecule is C[C@H]1CC(NC(=O)c2cc(C3CC3)on2)CCN1C(=O)C(C)(C)C1CCNCC1. The van der Waals surface area contributed by atoms with Gasteiger partial charge in [0.05, 0.1) is 0 Å². The second-order valence-corrected chi connectivity index (χ2v) is 9.68. The van der Waals surface area contributed by atoms with E-state index in [1.165, 1.54) is 0 Å². The van der Waals surface area contributed by atoms with Crippen LogP contribution in [0.15, 0.2) is 10.6 Å². The number of nitrogens with zero attached hydrogens (tertiary/aromatic N) is 2. The first-order valence-corrected chi connectivity index (χ1v) is 11.2. The molecule has 0 spiro atoms. The van der Waals surface area contributed by atoms with E-state index in [2.05, 4.69) is 36.6 Å². The third kappa shape index (κ3) is 4.34. The molecule has 0 radical (unpaired) electrons.